The third-order valence-electron chi connectivity index (χ3n) is 4.53. The van der Waals surface area contributed by atoms with Crippen molar-refractivity contribution >= 4 is 40.1 Å². The molecule has 0 radical (unpaired) electrons. The summed E-state index contributed by atoms with van der Waals surface area (Å²) in [5, 5.41) is 2.16. The predicted molar refractivity (Wildman–Crippen MR) is 123 cm³/mol. The van der Waals surface area contributed by atoms with Crippen molar-refractivity contribution in [3.63, 3.8) is 0 Å². The molecule has 0 N–H and O–H groups in total. The van der Waals surface area contributed by atoms with Gasteiger partial charge in [0.15, 0.2) is 5.13 Å². The number of amides is 1. The SMILES string of the molecule is CC(=O)N(c1nc(COC(=O)/C=C/c2ccc(OC(F)(F)F)cc2)cs1)c1ccc(C)cc1C. The van der Waals surface area contributed by atoms with Gasteiger partial charge >= 0.3 is 12.3 Å². The van der Waals surface area contributed by atoms with Crippen LogP contribution in [-0.4, -0.2) is 23.2 Å². The Kier molecular flexibility index (Phi) is 7.72. The van der Waals surface area contributed by atoms with E-state index >= 15 is 0 Å². The van der Waals surface area contributed by atoms with Crippen LogP contribution in [0, 0.1) is 13.8 Å². The summed E-state index contributed by atoms with van der Waals surface area (Å²) in [6.07, 6.45) is -2.20. The summed E-state index contributed by atoms with van der Waals surface area (Å²) in [7, 11) is 0. The van der Waals surface area contributed by atoms with Crippen LogP contribution in [0.5, 0.6) is 5.75 Å². The Balaban J connectivity index is 1.60. The van der Waals surface area contributed by atoms with Crippen molar-refractivity contribution in [2.45, 2.75) is 33.7 Å². The second kappa shape index (κ2) is 10.5. The largest absolute Gasteiger partial charge is 0.573 e. The van der Waals surface area contributed by atoms with Crippen LogP contribution in [0.2, 0.25) is 0 Å². The van der Waals surface area contributed by atoms with Gasteiger partial charge in [0.1, 0.15) is 12.4 Å². The fourth-order valence-corrected chi connectivity index (χ4v) is 3.93. The molecule has 10 heteroatoms. The molecule has 0 unspecified atom stereocenters. The minimum Gasteiger partial charge on any atom is -0.456 e. The van der Waals surface area contributed by atoms with E-state index in [0.29, 0.717) is 16.4 Å². The first-order valence-corrected chi connectivity index (χ1v) is 10.9. The highest BCUT2D eigenvalue weighted by Crippen LogP contribution is 2.32. The Morgan fingerprint density at radius 3 is 2.44 bits per heavy atom. The van der Waals surface area contributed by atoms with Gasteiger partial charge in [0.05, 0.1) is 11.4 Å². The molecule has 2 aromatic carbocycles. The molecular weight excluding hydrogens is 469 g/mol. The fourth-order valence-electron chi connectivity index (χ4n) is 3.07. The average Bonchev–Trinajstić information content (AvgIpc) is 3.20. The van der Waals surface area contributed by atoms with Crippen molar-refractivity contribution in [1.82, 2.24) is 4.98 Å². The molecule has 6 nitrogen and oxygen atoms in total. The number of aromatic nitrogens is 1. The lowest BCUT2D eigenvalue weighted by atomic mass is 10.1. The summed E-state index contributed by atoms with van der Waals surface area (Å²) in [4.78, 5) is 30.2. The van der Waals surface area contributed by atoms with Crippen molar-refractivity contribution in [1.29, 1.82) is 0 Å². The standard InChI is InChI=1S/C24H21F3N2O4S/c1-15-4-10-21(16(2)12-15)29(17(3)30)23-28-19(14-34-23)13-32-22(31)11-7-18-5-8-20(9-6-18)33-24(25,26)27/h4-12,14H,13H2,1-3H3/b11-7+. The number of anilines is 2. The predicted octanol–water partition coefficient (Wildman–Crippen LogP) is 6.10. The number of hydrogen-bond donors (Lipinski definition) is 0. The van der Waals surface area contributed by atoms with Gasteiger partial charge in [-0.3, -0.25) is 9.69 Å². The highest BCUT2D eigenvalue weighted by molar-refractivity contribution is 7.14. The van der Waals surface area contributed by atoms with Crippen molar-refractivity contribution in [2.75, 3.05) is 4.90 Å². The third-order valence-corrected chi connectivity index (χ3v) is 5.40. The number of rotatable bonds is 7. The lowest BCUT2D eigenvalue weighted by Crippen LogP contribution is -2.23. The number of ether oxygens (including phenoxy) is 2. The van der Waals surface area contributed by atoms with Crippen molar-refractivity contribution in [2.24, 2.45) is 0 Å². The molecule has 0 spiro atoms. The minimum absolute atomic E-state index is 0.101. The summed E-state index contributed by atoms with van der Waals surface area (Å²) in [5.74, 6) is -1.20. The maximum Gasteiger partial charge on any atom is 0.573 e. The smallest absolute Gasteiger partial charge is 0.456 e. The number of carbonyl (C=O) groups is 2. The molecule has 0 aliphatic rings. The van der Waals surface area contributed by atoms with E-state index in [1.165, 1.54) is 41.4 Å². The van der Waals surface area contributed by atoms with Gasteiger partial charge in [0.2, 0.25) is 5.91 Å². The summed E-state index contributed by atoms with van der Waals surface area (Å²) >= 11 is 1.25. The monoisotopic (exact) mass is 490 g/mol. The van der Waals surface area contributed by atoms with Gasteiger partial charge in [0, 0.05) is 18.4 Å². The first-order valence-electron chi connectivity index (χ1n) is 10.0. The number of hydrogen-bond acceptors (Lipinski definition) is 6. The van der Waals surface area contributed by atoms with Crippen LogP contribution < -0.4 is 9.64 Å². The number of esters is 1. The van der Waals surface area contributed by atoms with Gasteiger partial charge in [-0.25, -0.2) is 9.78 Å². The Morgan fingerprint density at radius 1 is 1.12 bits per heavy atom. The molecule has 0 atom stereocenters. The normalized spacial score (nSPS) is 11.5. The summed E-state index contributed by atoms with van der Waals surface area (Å²) < 4.78 is 45.6. The molecule has 3 rings (SSSR count). The van der Waals surface area contributed by atoms with E-state index < -0.39 is 12.3 Å². The summed E-state index contributed by atoms with van der Waals surface area (Å²) in [5.41, 5.74) is 3.71. The van der Waals surface area contributed by atoms with E-state index in [1.807, 2.05) is 32.0 Å². The topological polar surface area (TPSA) is 68.7 Å². The third kappa shape index (κ3) is 6.92. The molecule has 3 aromatic rings. The molecule has 0 saturated heterocycles. The van der Waals surface area contributed by atoms with Crippen LogP contribution in [0.3, 0.4) is 0 Å². The van der Waals surface area contributed by atoms with Crippen LogP contribution in [-0.2, 0) is 20.9 Å². The van der Waals surface area contributed by atoms with Crippen LogP contribution in [0.25, 0.3) is 6.08 Å². The summed E-state index contributed by atoms with van der Waals surface area (Å²) in [6.45, 7) is 5.23. The van der Waals surface area contributed by atoms with Crippen LogP contribution in [0.4, 0.5) is 24.0 Å². The van der Waals surface area contributed by atoms with Gasteiger partial charge in [0.25, 0.3) is 0 Å². The Hall–Kier alpha value is -3.66. The van der Waals surface area contributed by atoms with Gasteiger partial charge in [-0.15, -0.1) is 24.5 Å². The minimum atomic E-state index is -4.77. The van der Waals surface area contributed by atoms with Crippen LogP contribution in [0.1, 0.15) is 29.3 Å². The molecule has 1 heterocycles. The number of benzene rings is 2. The molecule has 34 heavy (non-hydrogen) atoms. The zero-order valence-electron chi connectivity index (χ0n) is 18.6. The zero-order valence-corrected chi connectivity index (χ0v) is 19.4. The molecule has 1 amide bonds. The number of halogens is 3. The van der Waals surface area contributed by atoms with Gasteiger partial charge in [-0.2, -0.15) is 0 Å². The van der Waals surface area contributed by atoms with Crippen molar-refractivity contribution in [3.8, 4) is 5.75 Å². The molecular formula is C24H21F3N2O4S. The van der Waals surface area contributed by atoms with Crippen LogP contribution in [0.15, 0.2) is 53.9 Å². The first kappa shape index (κ1) is 25.0. The molecule has 0 saturated carbocycles. The molecule has 178 valence electrons. The second-order valence-electron chi connectivity index (χ2n) is 7.32. The molecule has 0 fully saturated rings. The Labute approximate surface area is 198 Å². The maximum atomic E-state index is 12.3. The quantitative estimate of drug-likeness (QED) is 0.296. The molecule has 1 aromatic heterocycles. The zero-order chi connectivity index (χ0) is 24.9. The van der Waals surface area contributed by atoms with E-state index in [-0.39, 0.29) is 18.3 Å². The summed E-state index contributed by atoms with van der Waals surface area (Å²) in [6, 6.07) is 10.8. The van der Waals surface area contributed by atoms with Gasteiger partial charge in [-0.1, -0.05) is 29.8 Å². The van der Waals surface area contributed by atoms with E-state index in [1.54, 1.807) is 5.38 Å². The second-order valence-corrected chi connectivity index (χ2v) is 8.16. The maximum absolute atomic E-state index is 12.3. The first-order chi connectivity index (χ1) is 16.0. The van der Waals surface area contributed by atoms with E-state index in [4.69, 9.17) is 4.74 Å². The highest BCUT2D eigenvalue weighted by Gasteiger charge is 2.30. The van der Waals surface area contributed by atoms with E-state index in [2.05, 4.69) is 9.72 Å². The van der Waals surface area contributed by atoms with Crippen molar-refractivity contribution in [3.05, 3.63) is 76.3 Å². The van der Waals surface area contributed by atoms with Crippen LogP contribution >= 0.6 is 11.3 Å². The molecule has 0 bridgehead atoms. The molecule has 0 aliphatic heterocycles. The Morgan fingerprint density at radius 2 is 1.82 bits per heavy atom. The average molecular weight is 491 g/mol. The number of carbonyl (C=O) groups excluding carboxylic acids is 2. The molecule has 0 aliphatic carbocycles. The van der Waals surface area contributed by atoms with Gasteiger partial charge in [-0.05, 0) is 49.2 Å². The number of thiazole rings is 1. The lowest BCUT2D eigenvalue weighted by Gasteiger charge is -2.20. The van der Waals surface area contributed by atoms with Crippen molar-refractivity contribution < 1.29 is 32.2 Å². The Bertz CT molecular complexity index is 1200. The fraction of sp³-hybridized carbons (Fsp3) is 0.208. The van der Waals surface area contributed by atoms with E-state index in [9.17, 15) is 22.8 Å². The van der Waals surface area contributed by atoms with Gasteiger partial charge < -0.3 is 9.47 Å². The number of alkyl halides is 3. The lowest BCUT2D eigenvalue weighted by molar-refractivity contribution is -0.274. The number of aryl methyl sites for hydroxylation is 2. The highest BCUT2D eigenvalue weighted by atomic mass is 32.1. The van der Waals surface area contributed by atoms with E-state index in [0.717, 1.165) is 35.0 Å². The number of nitrogens with zero attached hydrogens (tertiary/aromatic N) is 2.